The second-order valence-electron chi connectivity index (χ2n) is 8.59. The molecule has 2 atom stereocenters. The summed E-state index contributed by atoms with van der Waals surface area (Å²) in [7, 11) is 1.40. The van der Waals surface area contributed by atoms with E-state index in [1.165, 1.54) is 25.3 Å². The third kappa shape index (κ3) is 2.28. The van der Waals surface area contributed by atoms with Crippen molar-refractivity contribution in [2.24, 2.45) is 11.8 Å². The quantitative estimate of drug-likeness (QED) is 0.228. The van der Waals surface area contributed by atoms with Crippen molar-refractivity contribution in [3.63, 3.8) is 0 Å². The molecule has 2 bridgehead atoms. The van der Waals surface area contributed by atoms with Crippen molar-refractivity contribution >= 4 is 46.4 Å². The Bertz CT molecular complexity index is 1320. The Morgan fingerprint density at radius 2 is 1.29 bits per heavy atom. The van der Waals surface area contributed by atoms with Gasteiger partial charge in [0.2, 0.25) is 11.8 Å². The summed E-state index contributed by atoms with van der Waals surface area (Å²) in [5.41, 5.74) is 2.09. The number of hydrogen-bond acceptors (Lipinski definition) is 5. The number of anilines is 1. The molecular formula is C25H16Cl2N2O5. The molecule has 7 nitrogen and oxygen atoms in total. The number of benzene rings is 3. The lowest BCUT2D eigenvalue weighted by molar-refractivity contribution is -0.384. The number of halogens is 2. The van der Waals surface area contributed by atoms with E-state index in [4.69, 9.17) is 27.9 Å². The molecule has 0 spiro atoms. The van der Waals surface area contributed by atoms with Crippen LogP contribution in [0.25, 0.3) is 0 Å². The zero-order valence-electron chi connectivity index (χ0n) is 17.7. The summed E-state index contributed by atoms with van der Waals surface area (Å²) in [6, 6.07) is 18.5. The molecule has 1 heterocycles. The van der Waals surface area contributed by atoms with Gasteiger partial charge < -0.3 is 4.74 Å². The van der Waals surface area contributed by atoms with E-state index in [1.807, 2.05) is 48.5 Å². The van der Waals surface area contributed by atoms with E-state index in [0.29, 0.717) is 22.3 Å². The maximum absolute atomic E-state index is 14.0. The van der Waals surface area contributed by atoms with Crippen molar-refractivity contribution in [2.45, 2.75) is 9.75 Å². The van der Waals surface area contributed by atoms with E-state index in [0.717, 1.165) is 4.90 Å². The molecule has 1 aliphatic heterocycles. The maximum atomic E-state index is 14.0. The first-order valence-electron chi connectivity index (χ1n) is 10.5. The van der Waals surface area contributed by atoms with Crippen LogP contribution < -0.4 is 9.64 Å². The Labute approximate surface area is 204 Å². The van der Waals surface area contributed by atoms with E-state index in [-0.39, 0.29) is 11.4 Å². The van der Waals surface area contributed by atoms with Crippen LogP contribution in [0.3, 0.4) is 0 Å². The van der Waals surface area contributed by atoms with Crippen LogP contribution in [0.15, 0.2) is 66.7 Å². The van der Waals surface area contributed by atoms with Gasteiger partial charge in [-0.3, -0.25) is 19.7 Å². The molecule has 4 aliphatic rings. The van der Waals surface area contributed by atoms with Crippen molar-refractivity contribution in [3.8, 4) is 5.75 Å². The molecule has 0 aromatic heterocycles. The Kier molecular flexibility index (Phi) is 4.23. The van der Waals surface area contributed by atoms with Gasteiger partial charge in [-0.25, -0.2) is 4.90 Å². The smallest absolute Gasteiger partial charge is 0.293 e. The van der Waals surface area contributed by atoms with E-state index in [1.54, 1.807) is 0 Å². The van der Waals surface area contributed by atoms with Crippen molar-refractivity contribution in [1.29, 1.82) is 0 Å². The Balaban J connectivity index is 1.64. The monoisotopic (exact) mass is 494 g/mol. The third-order valence-electron chi connectivity index (χ3n) is 7.21. The van der Waals surface area contributed by atoms with Gasteiger partial charge in [-0.1, -0.05) is 48.5 Å². The molecule has 3 aromatic carbocycles. The van der Waals surface area contributed by atoms with Crippen molar-refractivity contribution < 1.29 is 19.2 Å². The number of imide groups is 1. The highest BCUT2D eigenvalue weighted by Gasteiger charge is 2.73. The van der Waals surface area contributed by atoms with Crippen molar-refractivity contribution in [3.05, 3.63) is 99.1 Å². The van der Waals surface area contributed by atoms with Gasteiger partial charge in [0, 0.05) is 12.1 Å². The Hall–Kier alpha value is -3.42. The molecule has 9 heteroatoms. The SMILES string of the molecule is COc1ccc([N+](=O)[O-])c(N2C(=O)[C@H]3[C@H](C2=O)C2(Cl)c4ccccc4C3(Cl)c3ccccc32)c1. The molecule has 34 heavy (non-hydrogen) atoms. The minimum Gasteiger partial charge on any atom is -0.497 e. The lowest BCUT2D eigenvalue weighted by Crippen LogP contribution is -2.57. The third-order valence-corrected chi connectivity index (χ3v) is 8.49. The summed E-state index contributed by atoms with van der Waals surface area (Å²) >= 11 is 14.8. The van der Waals surface area contributed by atoms with Crippen LogP contribution >= 0.6 is 23.2 Å². The highest BCUT2D eigenvalue weighted by atomic mass is 35.5. The van der Waals surface area contributed by atoms with Gasteiger partial charge in [0.15, 0.2) is 0 Å². The molecule has 0 saturated carbocycles. The summed E-state index contributed by atoms with van der Waals surface area (Å²) < 4.78 is 5.21. The van der Waals surface area contributed by atoms with Crippen molar-refractivity contribution in [1.82, 2.24) is 0 Å². The molecule has 170 valence electrons. The molecule has 7 rings (SSSR count). The predicted octanol–water partition coefficient (Wildman–Crippen LogP) is 4.70. The van der Waals surface area contributed by atoms with Crippen molar-refractivity contribution in [2.75, 3.05) is 12.0 Å². The van der Waals surface area contributed by atoms with E-state index >= 15 is 0 Å². The maximum Gasteiger partial charge on any atom is 0.293 e. The van der Waals surface area contributed by atoms with E-state index in [9.17, 15) is 19.7 Å². The van der Waals surface area contributed by atoms with Gasteiger partial charge >= 0.3 is 0 Å². The number of rotatable bonds is 3. The number of hydrogen-bond donors (Lipinski definition) is 0. The second-order valence-corrected chi connectivity index (χ2v) is 9.79. The van der Waals surface area contributed by atoms with Gasteiger partial charge in [-0.05, 0) is 28.3 Å². The average molecular weight is 495 g/mol. The van der Waals surface area contributed by atoms with E-state index < -0.39 is 44.0 Å². The molecule has 1 saturated heterocycles. The van der Waals surface area contributed by atoms with Gasteiger partial charge in [-0.15, -0.1) is 23.2 Å². The van der Waals surface area contributed by atoms with Crippen LogP contribution in [0.2, 0.25) is 0 Å². The molecule has 2 amide bonds. The van der Waals surface area contributed by atoms with Gasteiger partial charge in [0.1, 0.15) is 21.2 Å². The Morgan fingerprint density at radius 3 is 1.68 bits per heavy atom. The summed E-state index contributed by atoms with van der Waals surface area (Å²) in [5, 5.41) is 11.8. The van der Waals surface area contributed by atoms with Crippen LogP contribution in [-0.4, -0.2) is 23.8 Å². The summed E-state index contributed by atoms with van der Waals surface area (Å²) in [5.74, 6) is -3.08. The molecular weight excluding hydrogens is 479 g/mol. The fourth-order valence-electron chi connectivity index (χ4n) is 5.87. The Morgan fingerprint density at radius 1 is 0.853 bits per heavy atom. The fraction of sp³-hybridized carbons (Fsp3) is 0.200. The standard InChI is InChI=1S/C25H16Cl2N2O5/c1-34-13-10-11-18(29(32)33)19(12-13)28-22(30)20-21(23(28)31)25(27)15-7-3-2-6-14(15)24(20,26)16-8-4-5-9-17(16)25/h2-12,20-21H,1H3/t20-,21-,24?,25?/m1/s1. The lowest BCUT2D eigenvalue weighted by Gasteiger charge is -2.54. The van der Waals surface area contributed by atoms with Crippen LogP contribution in [0.5, 0.6) is 5.75 Å². The number of alkyl halides is 2. The zero-order chi connectivity index (χ0) is 24.0. The highest BCUT2D eigenvalue weighted by molar-refractivity contribution is 6.38. The predicted molar refractivity (Wildman–Crippen MR) is 125 cm³/mol. The van der Waals surface area contributed by atoms with Crippen LogP contribution in [0, 0.1) is 22.0 Å². The largest absolute Gasteiger partial charge is 0.497 e. The summed E-state index contributed by atoms with van der Waals surface area (Å²) in [6.45, 7) is 0. The van der Waals surface area contributed by atoms with Crippen LogP contribution in [-0.2, 0) is 19.3 Å². The number of carbonyl (C=O) groups is 2. The minimum absolute atomic E-state index is 0.165. The molecule has 0 N–H and O–H groups in total. The second kappa shape index (κ2) is 6.81. The average Bonchev–Trinajstić information content (AvgIpc) is 3.13. The number of methoxy groups -OCH3 is 1. The molecule has 3 aromatic rings. The molecule has 0 unspecified atom stereocenters. The molecule has 0 radical (unpaired) electrons. The first kappa shape index (κ1) is 21.1. The summed E-state index contributed by atoms with van der Waals surface area (Å²) in [6.07, 6.45) is 0. The van der Waals surface area contributed by atoms with Crippen LogP contribution in [0.1, 0.15) is 22.3 Å². The molecule has 3 aliphatic carbocycles. The van der Waals surface area contributed by atoms with Gasteiger partial charge in [-0.2, -0.15) is 0 Å². The number of nitrogens with zero attached hydrogens (tertiary/aromatic N) is 2. The van der Waals surface area contributed by atoms with E-state index in [2.05, 4.69) is 0 Å². The van der Waals surface area contributed by atoms with Gasteiger partial charge in [0.25, 0.3) is 5.69 Å². The van der Waals surface area contributed by atoms with Crippen LogP contribution in [0.4, 0.5) is 11.4 Å². The number of ether oxygens (including phenoxy) is 1. The first-order valence-corrected chi connectivity index (χ1v) is 11.3. The fourth-order valence-corrected chi connectivity index (χ4v) is 6.97. The lowest BCUT2D eigenvalue weighted by atomic mass is 9.54. The highest BCUT2D eigenvalue weighted by Crippen LogP contribution is 2.69. The van der Waals surface area contributed by atoms with Gasteiger partial charge in [0.05, 0.1) is 23.9 Å². The summed E-state index contributed by atoms with van der Waals surface area (Å²) in [4.78, 5) is 37.3. The zero-order valence-corrected chi connectivity index (χ0v) is 19.2. The number of nitro benzene ring substituents is 1. The number of carbonyl (C=O) groups excluding carboxylic acids is 2. The topological polar surface area (TPSA) is 89.8 Å². The number of nitro groups is 1. The molecule has 1 fully saturated rings. The normalized spacial score (nSPS) is 28.4. The number of amides is 2. The minimum atomic E-state index is -1.36. The first-order chi connectivity index (χ1) is 16.3.